The number of aryl methyl sites for hydroxylation is 4. The fourth-order valence-corrected chi connectivity index (χ4v) is 3.73. The van der Waals surface area contributed by atoms with Crippen molar-refractivity contribution in [2.24, 2.45) is 0 Å². The summed E-state index contributed by atoms with van der Waals surface area (Å²) in [5.41, 5.74) is 4.69. The van der Waals surface area contributed by atoms with Crippen molar-refractivity contribution in [3.8, 4) is 11.5 Å². The monoisotopic (exact) mass is 300 g/mol. The molecule has 2 aromatic carbocycles. The van der Waals surface area contributed by atoms with Crippen molar-refractivity contribution >= 4 is 8.56 Å². The number of benzene rings is 2. The van der Waals surface area contributed by atoms with Gasteiger partial charge in [-0.15, -0.1) is 0 Å². The number of hydrogen-bond donors (Lipinski definition) is 0. The molecular formula is C18H24O2Si. The molecule has 0 bridgehead atoms. The molecule has 3 heteroatoms. The highest BCUT2D eigenvalue weighted by Gasteiger charge is 2.30. The zero-order valence-corrected chi connectivity index (χ0v) is 14.8. The third kappa shape index (κ3) is 4.11. The van der Waals surface area contributed by atoms with Gasteiger partial charge in [0.1, 0.15) is 11.5 Å². The molecule has 112 valence electrons. The van der Waals surface area contributed by atoms with E-state index in [1.165, 1.54) is 11.1 Å². The number of rotatable bonds is 4. The van der Waals surface area contributed by atoms with E-state index in [1.54, 1.807) is 0 Å². The Balaban J connectivity index is 2.22. The topological polar surface area (TPSA) is 18.5 Å². The van der Waals surface area contributed by atoms with Gasteiger partial charge < -0.3 is 8.85 Å². The highest BCUT2D eigenvalue weighted by molar-refractivity contribution is 6.66. The summed E-state index contributed by atoms with van der Waals surface area (Å²) in [4.78, 5) is 0. The molecule has 0 fully saturated rings. The molecule has 2 nitrogen and oxygen atoms in total. The van der Waals surface area contributed by atoms with Gasteiger partial charge in [-0.2, -0.15) is 0 Å². The molecule has 2 rings (SSSR count). The van der Waals surface area contributed by atoms with Crippen molar-refractivity contribution in [3.05, 3.63) is 58.7 Å². The maximum atomic E-state index is 6.23. The van der Waals surface area contributed by atoms with Gasteiger partial charge in [0.25, 0.3) is 0 Å². The van der Waals surface area contributed by atoms with Crippen molar-refractivity contribution in [3.63, 3.8) is 0 Å². The molecule has 0 amide bonds. The van der Waals surface area contributed by atoms with Crippen LogP contribution in [0.2, 0.25) is 13.1 Å². The second-order valence-electron chi connectivity index (χ2n) is 6.14. The predicted octanol–water partition coefficient (Wildman–Crippen LogP) is 5.08. The smallest absolute Gasteiger partial charge is 0.454 e. The molecule has 2 aromatic rings. The van der Waals surface area contributed by atoms with E-state index in [2.05, 4.69) is 77.2 Å². The first-order chi connectivity index (χ1) is 9.77. The molecule has 0 heterocycles. The van der Waals surface area contributed by atoms with Crippen LogP contribution in [0.15, 0.2) is 36.4 Å². The fourth-order valence-electron chi connectivity index (χ4n) is 2.18. The molecular weight excluding hydrogens is 276 g/mol. The maximum absolute atomic E-state index is 6.23. The quantitative estimate of drug-likeness (QED) is 0.733. The van der Waals surface area contributed by atoms with Crippen LogP contribution in [-0.4, -0.2) is 8.56 Å². The minimum absolute atomic E-state index is 0.928. The second kappa shape index (κ2) is 5.94. The highest BCUT2D eigenvalue weighted by Crippen LogP contribution is 2.27. The van der Waals surface area contributed by atoms with Gasteiger partial charge in [-0.1, -0.05) is 24.3 Å². The van der Waals surface area contributed by atoms with Gasteiger partial charge in [0.15, 0.2) is 0 Å². The van der Waals surface area contributed by atoms with Gasteiger partial charge >= 0.3 is 8.56 Å². The summed E-state index contributed by atoms with van der Waals surface area (Å²) in [5, 5.41) is 0. The third-order valence-electron chi connectivity index (χ3n) is 3.40. The molecule has 0 N–H and O–H groups in total. The lowest BCUT2D eigenvalue weighted by Crippen LogP contribution is -2.42. The van der Waals surface area contributed by atoms with Gasteiger partial charge in [-0.3, -0.25) is 0 Å². The third-order valence-corrected chi connectivity index (χ3v) is 4.82. The Hall–Kier alpha value is -1.74. The van der Waals surface area contributed by atoms with Crippen LogP contribution in [0.25, 0.3) is 0 Å². The molecule has 0 saturated heterocycles. The zero-order chi connectivity index (χ0) is 15.6. The Morgan fingerprint density at radius 1 is 0.667 bits per heavy atom. The molecule has 0 spiro atoms. The minimum atomic E-state index is -2.29. The second-order valence-corrected chi connectivity index (χ2v) is 9.35. The Labute approximate surface area is 129 Å². The van der Waals surface area contributed by atoms with E-state index < -0.39 is 8.56 Å². The van der Waals surface area contributed by atoms with Crippen LogP contribution in [0.4, 0.5) is 0 Å². The Morgan fingerprint density at radius 2 is 1.05 bits per heavy atom. The van der Waals surface area contributed by atoms with Crippen LogP contribution in [0.1, 0.15) is 22.3 Å². The van der Waals surface area contributed by atoms with Crippen molar-refractivity contribution in [1.29, 1.82) is 0 Å². The molecule has 0 radical (unpaired) electrons. The van der Waals surface area contributed by atoms with Crippen molar-refractivity contribution in [2.75, 3.05) is 0 Å². The van der Waals surface area contributed by atoms with Gasteiger partial charge in [0.2, 0.25) is 0 Å². The lowest BCUT2D eigenvalue weighted by atomic mass is 10.1. The van der Waals surface area contributed by atoms with E-state index >= 15 is 0 Å². The van der Waals surface area contributed by atoms with E-state index in [-0.39, 0.29) is 0 Å². The van der Waals surface area contributed by atoms with E-state index in [1.807, 2.05) is 0 Å². The Morgan fingerprint density at radius 3 is 1.43 bits per heavy atom. The standard InChI is InChI=1S/C18H24O2Si/c1-13-7-9-15(3)17(11-13)19-21(5,6)20-18-12-14(2)8-10-16(18)4/h7-12H,1-6H3. The molecule has 0 aliphatic carbocycles. The average Bonchev–Trinajstić information content (AvgIpc) is 2.37. The zero-order valence-electron chi connectivity index (χ0n) is 13.8. The summed E-state index contributed by atoms with van der Waals surface area (Å²) in [6.45, 7) is 12.4. The average molecular weight is 300 g/mol. The first kappa shape index (κ1) is 15.6. The van der Waals surface area contributed by atoms with E-state index in [0.717, 1.165) is 22.6 Å². The molecule has 0 aliphatic heterocycles. The fraction of sp³-hybridized carbons (Fsp3) is 0.333. The first-order valence-electron chi connectivity index (χ1n) is 7.29. The van der Waals surface area contributed by atoms with Crippen LogP contribution in [0, 0.1) is 27.7 Å². The SMILES string of the molecule is Cc1ccc(C)c(O[Si](C)(C)Oc2cc(C)ccc2C)c1. The maximum Gasteiger partial charge on any atom is 0.454 e. The lowest BCUT2D eigenvalue weighted by molar-refractivity contribution is 0.396. The van der Waals surface area contributed by atoms with Crippen LogP contribution >= 0.6 is 0 Å². The van der Waals surface area contributed by atoms with Gasteiger partial charge in [0.05, 0.1) is 0 Å². The van der Waals surface area contributed by atoms with E-state index in [0.29, 0.717) is 0 Å². The van der Waals surface area contributed by atoms with Gasteiger partial charge in [-0.25, -0.2) is 0 Å². The van der Waals surface area contributed by atoms with Gasteiger partial charge in [0, 0.05) is 13.1 Å². The van der Waals surface area contributed by atoms with Crippen LogP contribution in [0.5, 0.6) is 11.5 Å². The summed E-state index contributed by atoms with van der Waals surface area (Å²) in [6, 6.07) is 12.5. The largest absolute Gasteiger partial charge is 0.512 e. The summed E-state index contributed by atoms with van der Waals surface area (Å²) >= 11 is 0. The van der Waals surface area contributed by atoms with Crippen LogP contribution in [-0.2, 0) is 0 Å². The predicted molar refractivity (Wildman–Crippen MR) is 90.6 cm³/mol. The van der Waals surface area contributed by atoms with Crippen molar-refractivity contribution < 1.29 is 8.85 Å². The van der Waals surface area contributed by atoms with Gasteiger partial charge in [-0.05, 0) is 62.1 Å². The van der Waals surface area contributed by atoms with Crippen molar-refractivity contribution in [2.45, 2.75) is 40.8 Å². The number of hydrogen-bond acceptors (Lipinski definition) is 2. The molecule has 0 aromatic heterocycles. The summed E-state index contributed by atoms with van der Waals surface area (Å²) in [7, 11) is -2.29. The molecule has 21 heavy (non-hydrogen) atoms. The first-order valence-corrected chi connectivity index (χ1v) is 10.1. The van der Waals surface area contributed by atoms with E-state index in [4.69, 9.17) is 8.85 Å². The molecule has 0 unspecified atom stereocenters. The Bertz CT molecular complexity index is 592. The summed E-state index contributed by atoms with van der Waals surface area (Å²) < 4.78 is 12.5. The van der Waals surface area contributed by atoms with Crippen LogP contribution in [0.3, 0.4) is 0 Å². The minimum Gasteiger partial charge on any atom is -0.512 e. The Kier molecular flexibility index (Phi) is 4.42. The van der Waals surface area contributed by atoms with Crippen LogP contribution < -0.4 is 8.85 Å². The summed E-state index contributed by atoms with van der Waals surface area (Å²) in [5.74, 6) is 1.86. The molecule has 0 saturated carbocycles. The molecule has 0 aliphatic rings. The lowest BCUT2D eigenvalue weighted by Gasteiger charge is -2.26. The summed E-state index contributed by atoms with van der Waals surface area (Å²) in [6.07, 6.45) is 0. The van der Waals surface area contributed by atoms with Crippen molar-refractivity contribution in [1.82, 2.24) is 0 Å². The highest BCUT2D eigenvalue weighted by atomic mass is 28.4. The van der Waals surface area contributed by atoms with E-state index in [9.17, 15) is 0 Å². The molecule has 0 atom stereocenters. The normalized spacial score (nSPS) is 11.3.